The summed E-state index contributed by atoms with van der Waals surface area (Å²) in [5.41, 5.74) is 1.91. The number of carbonyl (C=O) groups excluding carboxylic acids is 2. The molecule has 122 valence electrons. The molecule has 0 fully saturated rings. The SMILES string of the molecule is COc1ccc(-c2ccc(C=C3C(=O)c4ccccc4C3=O)o2)cc1. The van der Waals surface area contributed by atoms with Crippen molar-refractivity contribution >= 4 is 17.6 Å². The third kappa shape index (κ3) is 2.58. The van der Waals surface area contributed by atoms with Gasteiger partial charge >= 0.3 is 0 Å². The highest BCUT2D eigenvalue weighted by Crippen LogP contribution is 2.30. The van der Waals surface area contributed by atoms with E-state index in [1.807, 2.05) is 30.3 Å². The van der Waals surface area contributed by atoms with Crippen molar-refractivity contribution in [3.8, 4) is 17.1 Å². The Morgan fingerprint density at radius 3 is 2.08 bits per heavy atom. The van der Waals surface area contributed by atoms with Crippen molar-refractivity contribution in [1.29, 1.82) is 0 Å². The minimum atomic E-state index is -0.261. The molecule has 4 rings (SSSR count). The maximum atomic E-state index is 12.4. The van der Waals surface area contributed by atoms with Crippen molar-refractivity contribution in [3.63, 3.8) is 0 Å². The number of rotatable bonds is 3. The minimum absolute atomic E-state index is 0.136. The van der Waals surface area contributed by atoms with Crippen LogP contribution in [0.2, 0.25) is 0 Å². The van der Waals surface area contributed by atoms with E-state index in [0.717, 1.165) is 11.3 Å². The van der Waals surface area contributed by atoms with E-state index in [1.165, 1.54) is 6.08 Å². The second-order valence-electron chi connectivity index (χ2n) is 5.69. The van der Waals surface area contributed by atoms with Crippen LogP contribution < -0.4 is 4.74 Å². The van der Waals surface area contributed by atoms with Gasteiger partial charge in [-0.1, -0.05) is 24.3 Å². The second kappa shape index (κ2) is 5.91. The zero-order valence-corrected chi connectivity index (χ0v) is 13.5. The van der Waals surface area contributed by atoms with Gasteiger partial charge < -0.3 is 9.15 Å². The van der Waals surface area contributed by atoms with E-state index in [1.54, 1.807) is 37.4 Å². The van der Waals surface area contributed by atoms with Gasteiger partial charge in [0.2, 0.25) is 0 Å². The molecule has 0 atom stereocenters. The lowest BCUT2D eigenvalue weighted by molar-refractivity contribution is 0.0990. The summed E-state index contributed by atoms with van der Waals surface area (Å²) >= 11 is 0. The normalized spacial score (nSPS) is 13.1. The molecule has 3 aromatic rings. The molecular formula is C21H14O4. The highest BCUT2D eigenvalue weighted by molar-refractivity contribution is 6.41. The molecule has 1 aliphatic carbocycles. The number of methoxy groups -OCH3 is 1. The monoisotopic (exact) mass is 330 g/mol. The molecule has 0 unspecified atom stereocenters. The molecule has 1 heterocycles. The summed E-state index contributed by atoms with van der Waals surface area (Å²) in [6, 6.07) is 17.9. The van der Waals surface area contributed by atoms with Gasteiger partial charge in [0.25, 0.3) is 0 Å². The van der Waals surface area contributed by atoms with E-state index < -0.39 is 0 Å². The van der Waals surface area contributed by atoms with Crippen LogP contribution in [0.5, 0.6) is 5.75 Å². The van der Waals surface area contributed by atoms with Crippen molar-refractivity contribution < 1.29 is 18.7 Å². The fourth-order valence-electron chi connectivity index (χ4n) is 2.89. The summed E-state index contributed by atoms with van der Waals surface area (Å²) in [7, 11) is 1.61. The standard InChI is InChI=1S/C21H14O4/c1-24-14-8-6-13(7-9-14)19-11-10-15(25-19)12-18-20(22)16-4-2-3-5-17(16)21(18)23/h2-12H,1H3. The highest BCUT2D eigenvalue weighted by atomic mass is 16.5. The van der Waals surface area contributed by atoms with Gasteiger partial charge in [0.15, 0.2) is 11.6 Å². The molecule has 4 nitrogen and oxygen atoms in total. The summed E-state index contributed by atoms with van der Waals surface area (Å²) in [4.78, 5) is 24.8. The zero-order valence-electron chi connectivity index (χ0n) is 13.5. The van der Waals surface area contributed by atoms with E-state index in [9.17, 15) is 9.59 Å². The molecule has 0 N–H and O–H groups in total. The molecule has 4 heteroatoms. The number of allylic oxidation sites excluding steroid dienone is 1. The number of benzene rings is 2. The third-order valence-corrected chi connectivity index (χ3v) is 4.19. The molecule has 0 bridgehead atoms. The average molecular weight is 330 g/mol. The fraction of sp³-hybridized carbons (Fsp3) is 0.0476. The molecule has 0 saturated carbocycles. The molecule has 0 spiro atoms. The van der Waals surface area contributed by atoms with Gasteiger partial charge in [-0.25, -0.2) is 0 Å². The van der Waals surface area contributed by atoms with E-state index in [-0.39, 0.29) is 17.1 Å². The molecule has 1 aromatic heterocycles. The Morgan fingerprint density at radius 1 is 0.840 bits per heavy atom. The number of ketones is 2. The molecule has 25 heavy (non-hydrogen) atoms. The number of Topliss-reactive ketones (excluding diaryl/α,β-unsaturated/α-hetero) is 2. The van der Waals surface area contributed by atoms with Crippen LogP contribution in [0, 0.1) is 0 Å². The first-order valence-electron chi connectivity index (χ1n) is 7.82. The second-order valence-corrected chi connectivity index (χ2v) is 5.69. The number of fused-ring (bicyclic) bond motifs is 1. The van der Waals surface area contributed by atoms with Crippen LogP contribution in [0.25, 0.3) is 17.4 Å². The summed E-state index contributed by atoms with van der Waals surface area (Å²) < 4.78 is 10.9. The number of hydrogen-bond acceptors (Lipinski definition) is 4. The van der Waals surface area contributed by atoms with Gasteiger partial charge in [0.1, 0.15) is 17.3 Å². The quantitative estimate of drug-likeness (QED) is 0.527. The number of furan rings is 1. The first-order chi connectivity index (χ1) is 12.2. The molecule has 0 radical (unpaired) electrons. The van der Waals surface area contributed by atoms with Crippen LogP contribution in [-0.4, -0.2) is 18.7 Å². The first-order valence-corrected chi connectivity index (χ1v) is 7.82. The highest BCUT2D eigenvalue weighted by Gasteiger charge is 2.32. The van der Waals surface area contributed by atoms with Crippen LogP contribution >= 0.6 is 0 Å². The van der Waals surface area contributed by atoms with E-state index >= 15 is 0 Å². The first kappa shape index (κ1) is 15.1. The van der Waals surface area contributed by atoms with E-state index in [4.69, 9.17) is 9.15 Å². The predicted octanol–water partition coefficient (Wildman–Crippen LogP) is 4.42. The summed E-state index contributed by atoms with van der Waals surface area (Å²) in [5.74, 6) is 1.36. The average Bonchev–Trinajstić information content (AvgIpc) is 3.22. The van der Waals surface area contributed by atoms with Crippen LogP contribution in [0.3, 0.4) is 0 Å². The molecule has 0 saturated heterocycles. The Hall–Kier alpha value is -3.40. The lowest BCUT2D eigenvalue weighted by atomic mass is 10.1. The third-order valence-electron chi connectivity index (χ3n) is 4.19. The number of hydrogen-bond donors (Lipinski definition) is 0. The molecule has 2 aromatic carbocycles. The van der Waals surface area contributed by atoms with Crippen molar-refractivity contribution in [2.45, 2.75) is 0 Å². The molecule has 0 aliphatic heterocycles. The smallest absolute Gasteiger partial charge is 0.197 e. The zero-order chi connectivity index (χ0) is 17.4. The number of ether oxygens (including phenoxy) is 1. The van der Waals surface area contributed by atoms with E-state index in [2.05, 4.69) is 0 Å². The van der Waals surface area contributed by atoms with Crippen molar-refractivity contribution in [2.75, 3.05) is 7.11 Å². The Balaban J connectivity index is 1.66. The molecule has 1 aliphatic rings. The van der Waals surface area contributed by atoms with Gasteiger partial charge in [-0.2, -0.15) is 0 Å². The van der Waals surface area contributed by atoms with Crippen molar-refractivity contribution in [2.24, 2.45) is 0 Å². The molecule has 0 amide bonds. The molecular weight excluding hydrogens is 316 g/mol. The Kier molecular flexibility index (Phi) is 3.58. The maximum absolute atomic E-state index is 12.4. The van der Waals surface area contributed by atoms with Gasteiger partial charge in [-0.15, -0.1) is 0 Å². The summed E-state index contributed by atoms with van der Waals surface area (Å²) in [5, 5.41) is 0. The van der Waals surface area contributed by atoms with Gasteiger partial charge in [0.05, 0.1) is 12.7 Å². The van der Waals surface area contributed by atoms with Gasteiger partial charge in [-0.05, 0) is 42.5 Å². The largest absolute Gasteiger partial charge is 0.497 e. The van der Waals surface area contributed by atoms with Crippen LogP contribution in [0.1, 0.15) is 26.5 Å². The van der Waals surface area contributed by atoms with Crippen LogP contribution in [0.15, 0.2) is 70.7 Å². The van der Waals surface area contributed by atoms with Crippen molar-refractivity contribution in [1.82, 2.24) is 0 Å². The Morgan fingerprint density at radius 2 is 1.48 bits per heavy atom. The van der Waals surface area contributed by atoms with E-state index in [0.29, 0.717) is 22.6 Å². The van der Waals surface area contributed by atoms with Gasteiger partial charge in [0, 0.05) is 16.7 Å². The lowest BCUT2D eigenvalue weighted by Crippen LogP contribution is -1.99. The van der Waals surface area contributed by atoms with Crippen LogP contribution in [-0.2, 0) is 0 Å². The maximum Gasteiger partial charge on any atom is 0.197 e. The summed E-state index contributed by atoms with van der Waals surface area (Å²) in [6.07, 6.45) is 1.51. The predicted molar refractivity (Wildman–Crippen MR) is 93.8 cm³/mol. The fourth-order valence-corrected chi connectivity index (χ4v) is 2.89. The van der Waals surface area contributed by atoms with Crippen molar-refractivity contribution in [3.05, 3.63) is 83.1 Å². The summed E-state index contributed by atoms with van der Waals surface area (Å²) in [6.45, 7) is 0. The Bertz CT molecular complexity index is 969. The topological polar surface area (TPSA) is 56.5 Å². The minimum Gasteiger partial charge on any atom is -0.497 e. The van der Waals surface area contributed by atoms with Gasteiger partial charge in [-0.3, -0.25) is 9.59 Å². The number of carbonyl (C=O) groups is 2. The van der Waals surface area contributed by atoms with Crippen LogP contribution in [0.4, 0.5) is 0 Å². The lowest BCUT2D eigenvalue weighted by Gasteiger charge is -2.00. The Labute approximate surface area is 144 Å².